The topological polar surface area (TPSA) is 139 Å². The molecule has 1 aliphatic carbocycles. The van der Waals surface area contributed by atoms with E-state index in [-0.39, 0.29) is 18.5 Å². The van der Waals surface area contributed by atoms with Crippen LogP contribution in [-0.2, 0) is 19.1 Å². The van der Waals surface area contributed by atoms with E-state index in [9.17, 15) is 14.4 Å². The Balaban J connectivity index is 2.35. The van der Waals surface area contributed by atoms with Gasteiger partial charge < -0.3 is 26.0 Å². The first-order valence-corrected chi connectivity index (χ1v) is 6.99. The Labute approximate surface area is 122 Å². The van der Waals surface area contributed by atoms with Crippen LogP contribution in [0.3, 0.4) is 0 Å². The van der Waals surface area contributed by atoms with Crippen molar-refractivity contribution in [2.24, 2.45) is 11.7 Å². The van der Waals surface area contributed by atoms with Crippen molar-refractivity contribution in [2.45, 2.75) is 44.2 Å². The van der Waals surface area contributed by atoms with Crippen molar-refractivity contribution in [3.8, 4) is 0 Å². The lowest BCUT2D eigenvalue weighted by molar-refractivity contribution is -0.150. The monoisotopic (exact) mass is 302 g/mol. The van der Waals surface area contributed by atoms with Gasteiger partial charge in [-0.05, 0) is 12.8 Å². The molecule has 0 spiro atoms. The Bertz CT molecular complexity index is 381. The molecular formula is C13H22N2O6. The number of carboxylic acid groups (broad SMARTS) is 1. The molecule has 0 unspecified atom stereocenters. The van der Waals surface area contributed by atoms with E-state index in [0.717, 1.165) is 25.7 Å². The highest BCUT2D eigenvalue weighted by molar-refractivity contribution is 5.86. The van der Waals surface area contributed by atoms with Gasteiger partial charge in [0.15, 0.2) is 0 Å². The predicted octanol–water partition coefficient (Wildman–Crippen LogP) is -1.00. The number of amides is 1. The van der Waals surface area contributed by atoms with Crippen molar-refractivity contribution in [1.82, 2.24) is 5.32 Å². The van der Waals surface area contributed by atoms with E-state index in [1.807, 2.05) is 0 Å². The second-order valence-electron chi connectivity index (χ2n) is 5.20. The summed E-state index contributed by atoms with van der Waals surface area (Å²) < 4.78 is 5.07. The zero-order valence-corrected chi connectivity index (χ0v) is 11.8. The van der Waals surface area contributed by atoms with Crippen molar-refractivity contribution in [2.75, 3.05) is 13.2 Å². The Kier molecular flexibility index (Phi) is 7.10. The lowest BCUT2D eigenvalue weighted by Crippen LogP contribution is -2.49. The second kappa shape index (κ2) is 8.58. The number of nitrogens with two attached hydrogens (primary N) is 1. The van der Waals surface area contributed by atoms with Crippen LogP contribution in [0.4, 0.5) is 0 Å². The van der Waals surface area contributed by atoms with Crippen LogP contribution in [0.5, 0.6) is 0 Å². The molecule has 8 nitrogen and oxygen atoms in total. The summed E-state index contributed by atoms with van der Waals surface area (Å²) in [7, 11) is 0. The van der Waals surface area contributed by atoms with Crippen molar-refractivity contribution < 1.29 is 29.3 Å². The van der Waals surface area contributed by atoms with Crippen LogP contribution in [0.2, 0.25) is 0 Å². The first-order chi connectivity index (χ1) is 9.93. The molecule has 120 valence electrons. The summed E-state index contributed by atoms with van der Waals surface area (Å²) >= 11 is 0. The largest absolute Gasteiger partial charge is 0.481 e. The molecule has 0 radical (unpaired) electrons. The molecule has 1 rings (SSSR count). The first kappa shape index (κ1) is 17.4. The van der Waals surface area contributed by atoms with Crippen LogP contribution >= 0.6 is 0 Å². The summed E-state index contributed by atoms with van der Waals surface area (Å²) in [5, 5.41) is 20.1. The number of ether oxygens (including phenoxy) is 1. The fourth-order valence-electron chi connectivity index (χ4n) is 2.19. The maximum absolute atomic E-state index is 11.7. The van der Waals surface area contributed by atoms with Gasteiger partial charge in [0, 0.05) is 0 Å². The Morgan fingerprint density at radius 3 is 2.43 bits per heavy atom. The van der Waals surface area contributed by atoms with Crippen molar-refractivity contribution in [3.63, 3.8) is 0 Å². The SMILES string of the molecule is N[C@H](CC(=O)O)C(=O)N[C@@H](CO)COC(=O)C1CCCC1. The van der Waals surface area contributed by atoms with Crippen molar-refractivity contribution in [1.29, 1.82) is 0 Å². The number of rotatable bonds is 8. The van der Waals surface area contributed by atoms with Gasteiger partial charge in [-0.2, -0.15) is 0 Å². The molecule has 0 aromatic rings. The molecular weight excluding hydrogens is 280 g/mol. The molecule has 0 aromatic carbocycles. The van der Waals surface area contributed by atoms with Crippen LogP contribution in [0.1, 0.15) is 32.1 Å². The van der Waals surface area contributed by atoms with Crippen LogP contribution in [0.25, 0.3) is 0 Å². The zero-order chi connectivity index (χ0) is 15.8. The van der Waals surface area contributed by atoms with Gasteiger partial charge in [-0.3, -0.25) is 14.4 Å². The summed E-state index contributed by atoms with van der Waals surface area (Å²) in [4.78, 5) is 33.8. The van der Waals surface area contributed by atoms with Crippen LogP contribution in [-0.4, -0.2) is 53.4 Å². The zero-order valence-electron chi connectivity index (χ0n) is 11.8. The molecule has 1 aliphatic rings. The number of nitrogens with one attached hydrogen (secondary N) is 1. The molecule has 1 fully saturated rings. The number of aliphatic carboxylic acids is 1. The molecule has 0 heterocycles. The summed E-state index contributed by atoms with van der Waals surface area (Å²) in [6, 6.07) is -2.00. The highest BCUT2D eigenvalue weighted by Crippen LogP contribution is 2.25. The normalized spacial score (nSPS) is 18.0. The molecule has 1 amide bonds. The lowest BCUT2D eigenvalue weighted by Gasteiger charge is -2.19. The molecule has 0 saturated heterocycles. The third-order valence-corrected chi connectivity index (χ3v) is 3.41. The third-order valence-electron chi connectivity index (χ3n) is 3.41. The van der Waals surface area contributed by atoms with Gasteiger partial charge in [-0.25, -0.2) is 0 Å². The number of aliphatic hydroxyl groups is 1. The summed E-state index contributed by atoms with van der Waals surface area (Å²) in [5.74, 6) is -2.32. The highest BCUT2D eigenvalue weighted by Gasteiger charge is 2.26. The fourth-order valence-corrected chi connectivity index (χ4v) is 2.19. The molecule has 1 saturated carbocycles. The Morgan fingerprint density at radius 2 is 1.90 bits per heavy atom. The van der Waals surface area contributed by atoms with E-state index in [4.69, 9.17) is 20.7 Å². The molecule has 0 aliphatic heterocycles. The van der Waals surface area contributed by atoms with Gasteiger partial charge in [-0.15, -0.1) is 0 Å². The Morgan fingerprint density at radius 1 is 1.29 bits per heavy atom. The van der Waals surface area contributed by atoms with Gasteiger partial charge >= 0.3 is 11.9 Å². The number of carbonyl (C=O) groups is 3. The van der Waals surface area contributed by atoms with Gasteiger partial charge in [-0.1, -0.05) is 12.8 Å². The van der Waals surface area contributed by atoms with Crippen LogP contribution < -0.4 is 11.1 Å². The van der Waals surface area contributed by atoms with Crippen LogP contribution in [0.15, 0.2) is 0 Å². The number of esters is 1. The minimum atomic E-state index is -1.21. The van der Waals surface area contributed by atoms with Gasteiger partial charge in [0.25, 0.3) is 0 Å². The summed E-state index contributed by atoms with van der Waals surface area (Å²) in [6.45, 7) is -0.582. The van der Waals surface area contributed by atoms with Gasteiger partial charge in [0.2, 0.25) is 5.91 Å². The standard InChI is InChI=1S/C13H22N2O6/c14-10(5-11(17)18)12(19)15-9(6-16)7-21-13(20)8-3-1-2-4-8/h8-10,16H,1-7,14H2,(H,15,19)(H,17,18)/t9-,10+/m0/s1. The number of hydrogen-bond acceptors (Lipinski definition) is 6. The maximum Gasteiger partial charge on any atom is 0.309 e. The van der Waals surface area contributed by atoms with E-state index in [2.05, 4.69) is 5.32 Å². The van der Waals surface area contributed by atoms with E-state index in [1.165, 1.54) is 0 Å². The first-order valence-electron chi connectivity index (χ1n) is 6.99. The quantitative estimate of drug-likeness (QED) is 0.422. The van der Waals surface area contributed by atoms with Gasteiger partial charge in [0.05, 0.1) is 31.0 Å². The summed E-state index contributed by atoms with van der Waals surface area (Å²) in [5.41, 5.74) is 5.39. The van der Waals surface area contributed by atoms with E-state index in [0.29, 0.717) is 0 Å². The molecule has 21 heavy (non-hydrogen) atoms. The van der Waals surface area contributed by atoms with Gasteiger partial charge in [0.1, 0.15) is 6.61 Å². The fraction of sp³-hybridized carbons (Fsp3) is 0.769. The summed E-state index contributed by atoms with van der Waals surface area (Å²) in [6.07, 6.45) is 3.11. The highest BCUT2D eigenvalue weighted by atomic mass is 16.5. The molecule has 0 bridgehead atoms. The van der Waals surface area contributed by atoms with E-state index >= 15 is 0 Å². The number of hydrogen-bond donors (Lipinski definition) is 4. The van der Waals surface area contributed by atoms with E-state index in [1.54, 1.807) is 0 Å². The smallest absolute Gasteiger partial charge is 0.309 e. The van der Waals surface area contributed by atoms with E-state index < -0.39 is 37.0 Å². The number of carboxylic acids is 1. The number of carbonyl (C=O) groups excluding carboxylic acids is 2. The number of aliphatic hydroxyl groups excluding tert-OH is 1. The average molecular weight is 302 g/mol. The van der Waals surface area contributed by atoms with Crippen LogP contribution in [0, 0.1) is 5.92 Å². The average Bonchev–Trinajstić information content (AvgIpc) is 2.96. The minimum Gasteiger partial charge on any atom is -0.481 e. The second-order valence-corrected chi connectivity index (χ2v) is 5.20. The molecule has 0 aromatic heterocycles. The minimum absolute atomic E-state index is 0.102. The maximum atomic E-state index is 11.7. The third kappa shape index (κ3) is 6.09. The Hall–Kier alpha value is -1.67. The molecule has 8 heteroatoms. The van der Waals surface area contributed by atoms with Crippen molar-refractivity contribution in [3.05, 3.63) is 0 Å². The molecule has 5 N–H and O–H groups in total. The lowest BCUT2D eigenvalue weighted by atomic mass is 10.1. The molecule has 2 atom stereocenters. The van der Waals surface area contributed by atoms with Crippen molar-refractivity contribution >= 4 is 17.8 Å². The predicted molar refractivity (Wildman–Crippen MR) is 72.2 cm³/mol.